The molecule has 1 saturated heterocycles. The highest BCUT2D eigenvalue weighted by Crippen LogP contribution is 2.26. The van der Waals surface area contributed by atoms with E-state index in [1.165, 1.54) is 25.3 Å². The molecule has 0 bridgehead atoms. The summed E-state index contributed by atoms with van der Waals surface area (Å²) in [5, 5.41) is 0. The van der Waals surface area contributed by atoms with Crippen LogP contribution in [-0.2, 0) is 10.0 Å². The molecular weight excluding hydrogens is 402 g/mol. The molecule has 10 heteroatoms. The van der Waals surface area contributed by atoms with Crippen molar-refractivity contribution in [1.29, 1.82) is 0 Å². The van der Waals surface area contributed by atoms with Crippen LogP contribution >= 0.6 is 11.8 Å². The molecule has 0 unspecified atom stereocenters. The molecule has 1 aromatic carbocycles. The Morgan fingerprint density at radius 1 is 1.36 bits per heavy atom. The van der Waals surface area contributed by atoms with Crippen LogP contribution in [0, 0.1) is 0 Å². The average molecular weight is 426 g/mol. The lowest BCUT2D eigenvalue weighted by Crippen LogP contribution is -2.41. The number of benzene rings is 1. The van der Waals surface area contributed by atoms with Gasteiger partial charge in [0.25, 0.3) is 5.91 Å². The summed E-state index contributed by atoms with van der Waals surface area (Å²) >= 11 is 1.88. The predicted octanol–water partition coefficient (Wildman–Crippen LogP) is 1.46. The van der Waals surface area contributed by atoms with E-state index < -0.39 is 15.9 Å². The van der Waals surface area contributed by atoms with Gasteiger partial charge in [-0.3, -0.25) is 9.69 Å². The second kappa shape index (κ2) is 8.99. The van der Waals surface area contributed by atoms with Crippen LogP contribution in [0.15, 0.2) is 46.1 Å². The molecule has 1 aliphatic rings. The minimum atomic E-state index is -3.84. The Morgan fingerprint density at radius 3 is 2.71 bits per heavy atom. The molecule has 1 aromatic heterocycles. The summed E-state index contributed by atoms with van der Waals surface area (Å²) in [5.74, 6) is 1.48. The molecule has 3 rings (SSSR count). The van der Waals surface area contributed by atoms with E-state index >= 15 is 0 Å². The lowest BCUT2D eigenvalue weighted by atomic mass is 10.1. The zero-order valence-corrected chi connectivity index (χ0v) is 17.1. The van der Waals surface area contributed by atoms with Crippen LogP contribution in [0.3, 0.4) is 0 Å². The summed E-state index contributed by atoms with van der Waals surface area (Å²) in [6.45, 7) is 1.93. The zero-order chi connectivity index (χ0) is 20.1. The fourth-order valence-electron chi connectivity index (χ4n) is 3.13. The Kier molecular flexibility index (Phi) is 6.65. The van der Waals surface area contributed by atoms with Gasteiger partial charge < -0.3 is 14.9 Å². The lowest BCUT2D eigenvalue weighted by molar-refractivity contribution is 0.0997. The van der Waals surface area contributed by atoms with Crippen molar-refractivity contribution < 1.29 is 22.4 Å². The van der Waals surface area contributed by atoms with Crippen molar-refractivity contribution in [3.63, 3.8) is 0 Å². The number of amides is 1. The number of nitrogens with two attached hydrogens (primary N) is 1. The summed E-state index contributed by atoms with van der Waals surface area (Å²) in [6.07, 6.45) is 3.22. The van der Waals surface area contributed by atoms with Gasteiger partial charge in [0.15, 0.2) is 0 Å². The van der Waals surface area contributed by atoms with Crippen LogP contribution in [0.5, 0.6) is 5.75 Å². The summed E-state index contributed by atoms with van der Waals surface area (Å²) in [7, 11) is -2.45. The van der Waals surface area contributed by atoms with Gasteiger partial charge in [-0.05, 0) is 24.3 Å². The molecular formula is C18H23N3O5S2. The number of nitrogens with zero attached hydrogens (tertiary/aromatic N) is 1. The van der Waals surface area contributed by atoms with Gasteiger partial charge in [0.1, 0.15) is 5.75 Å². The Hall–Kier alpha value is -2.01. The van der Waals surface area contributed by atoms with Crippen LogP contribution in [0.4, 0.5) is 0 Å². The number of carbonyl (C=O) groups excluding carboxylic acids is 1. The van der Waals surface area contributed by atoms with Crippen molar-refractivity contribution in [3.8, 4) is 5.75 Å². The highest BCUT2D eigenvalue weighted by atomic mass is 32.2. The molecule has 1 atom stereocenters. The first-order valence-electron chi connectivity index (χ1n) is 8.74. The largest absolute Gasteiger partial charge is 0.496 e. The Bertz CT molecular complexity index is 909. The Balaban J connectivity index is 1.80. The predicted molar refractivity (Wildman–Crippen MR) is 107 cm³/mol. The molecule has 8 nitrogen and oxygen atoms in total. The van der Waals surface area contributed by atoms with Crippen molar-refractivity contribution in [2.45, 2.75) is 10.9 Å². The molecule has 2 aromatic rings. The number of hydrogen-bond acceptors (Lipinski definition) is 7. The van der Waals surface area contributed by atoms with Gasteiger partial charge in [-0.2, -0.15) is 11.8 Å². The summed E-state index contributed by atoms with van der Waals surface area (Å²) in [4.78, 5) is 13.8. The average Bonchev–Trinajstić information content (AvgIpc) is 3.22. The van der Waals surface area contributed by atoms with Gasteiger partial charge in [0, 0.05) is 36.7 Å². The summed E-state index contributed by atoms with van der Waals surface area (Å²) in [5.41, 5.74) is 6.27. The summed E-state index contributed by atoms with van der Waals surface area (Å²) < 4.78 is 38.5. The number of thioether (sulfide) groups is 1. The van der Waals surface area contributed by atoms with Gasteiger partial charge in [-0.15, -0.1) is 0 Å². The minimum absolute atomic E-state index is 0.0183. The molecule has 28 heavy (non-hydrogen) atoms. The fraction of sp³-hybridized carbons (Fsp3) is 0.389. The van der Waals surface area contributed by atoms with E-state index in [1.807, 2.05) is 17.8 Å². The van der Waals surface area contributed by atoms with Gasteiger partial charge in [0.05, 0.1) is 36.1 Å². The first-order valence-corrected chi connectivity index (χ1v) is 11.4. The minimum Gasteiger partial charge on any atom is -0.496 e. The number of hydrogen-bond donors (Lipinski definition) is 2. The standard InChI is InChI=1S/C18H23N3O5S2/c1-25-17-3-2-14(10-15(17)18(19)22)28(23,24)20-11-16(13-4-7-26-12-13)21-5-8-27-9-6-21/h2-4,7,10,12,16,20H,5-6,8-9,11H2,1H3,(H2,19,22)/t16-/m0/s1. The van der Waals surface area contributed by atoms with Crippen LogP contribution in [-0.4, -0.2) is 57.5 Å². The number of methoxy groups -OCH3 is 1. The third-order valence-electron chi connectivity index (χ3n) is 4.63. The van der Waals surface area contributed by atoms with Crippen molar-refractivity contribution in [2.75, 3.05) is 38.2 Å². The third kappa shape index (κ3) is 4.69. The van der Waals surface area contributed by atoms with E-state index in [2.05, 4.69) is 9.62 Å². The zero-order valence-electron chi connectivity index (χ0n) is 15.5. The molecule has 1 aliphatic heterocycles. The quantitative estimate of drug-likeness (QED) is 0.658. The number of primary amides is 1. The number of rotatable bonds is 8. The maximum atomic E-state index is 12.8. The highest BCUT2D eigenvalue weighted by molar-refractivity contribution is 7.99. The highest BCUT2D eigenvalue weighted by Gasteiger charge is 2.26. The molecule has 152 valence electrons. The lowest BCUT2D eigenvalue weighted by Gasteiger charge is -2.33. The van der Waals surface area contributed by atoms with Gasteiger partial charge in [0.2, 0.25) is 10.0 Å². The topological polar surface area (TPSA) is 115 Å². The van der Waals surface area contributed by atoms with Gasteiger partial charge >= 0.3 is 0 Å². The van der Waals surface area contributed by atoms with Crippen LogP contribution in [0.2, 0.25) is 0 Å². The number of furan rings is 1. The van der Waals surface area contributed by atoms with E-state index in [-0.39, 0.29) is 28.8 Å². The van der Waals surface area contributed by atoms with E-state index in [0.29, 0.717) is 0 Å². The maximum absolute atomic E-state index is 12.8. The van der Waals surface area contributed by atoms with E-state index in [1.54, 1.807) is 12.5 Å². The van der Waals surface area contributed by atoms with Crippen molar-refractivity contribution in [2.24, 2.45) is 5.73 Å². The smallest absolute Gasteiger partial charge is 0.252 e. The Labute approximate surface area is 168 Å². The number of ether oxygens (including phenoxy) is 1. The van der Waals surface area contributed by atoms with Gasteiger partial charge in [-0.25, -0.2) is 13.1 Å². The molecule has 0 spiro atoms. The van der Waals surface area contributed by atoms with Crippen LogP contribution < -0.4 is 15.2 Å². The number of nitrogens with one attached hydrogen (secondary N) is 1. The fourth-order valence-corrected chi connectivity index (χ4v) is 5.13. The van der Waals surface area contributed by atoms with Crippen LogP contribution in [0.1, 0.15) is 22.0 Å². The SMILES string of the molecule is COc1ccc(S(=O)(=O)NC[C@@H](c2ccoc2)N2CCSCC2)cc1C(N)=O. The van der Waals surface area contributed by atoms with Crippen molar-refractivity contribution >= 4 is 27.7 Å². The molecule has 0 saturated carbocycles. The Morgan fingerprint density at radius 2 is 2.11 bits per heavy atom. The first-order chi connectivity index (χ1) is 13.4. The van der Waals surface area contributed by atoms with Gasteiger partial charge in [-0.1, -0.05) is 0 Å². The van der Waals surface area contributed by atoms with E-state index in [0.717, 1.165) is 30.2 Å². The third-order valence-corrected chi connectivity index (χ3v) is 6.99. The number of carbonyl (C=O) groups is 1. The molecule has 1 fully saturated rings. The first kappa shape index (κ1) is 20.7. The van der Waals surface area contributed by atoms with Crippen molar-refractivity contribution in [3.05, 3.63) is 47.9 Å². The molecule has 3 N–H and O–H groups in total. The summed E-state index contributed by atoms with van der Waals surface area (Å²) in [6, 6.07) is 5.75. The molecule has 1 amide bonds. The molecule has 0 radical (unpaired) electrons. The molecule has 0 aliphatic carbocycles. The second-order valence-electron chi connectivity index (χ2n) is 6.30. The maximum Gasteiger partial charge on any atom is 0.252 e. The van der Waals surface area contributed by atoms with E-state index in [9.17, 15) is 13.2 Å². The monoisotopic (exact) mass is 425 g/mol. The second-order valence-corrected chi connectivity index (χ2v) is 9.29. The normalized spacial score (nSPS) is 16.6. The molecule has 2 heterocycles. The van der Waals surface area contributed by atoms with E-state index in [4.69, 9.17) is 14.9 Å². The number of sulfonamides is 1. The van der Waals surface area contributed by atoms with Crippen molar-refractivity contribution in [1.82, 2.24) is 9.62 Å². The van der Waals surface area contributed by atoms with Crippen LogP contribution in [0.25, 0.3) is 0 Å².